The average molecular weight is 296 g/mol. The highest BCUT2D eigenvalue weighted by Gasteiger charge is 2.27. The van der Waals surface area contributed by atoms with Crippen LogP contribution in [0.3, 0.4) is 0 Å². The van der Waals surface area contributed by atoms with Crippen molar-refractivity contribution in [2.75, 3.05) is 26.2 Å². The van der Waals surface area contributed by atoms with E-state index in [1.807, 2.05) is 0 Å². The molecule has 0 aliphatic carbocycles. The Bertz CT molecular complexity index is 586. The molecule has 2 aromatic rings. The molecule has 1 aliphatic rings. The molecule has 1 N–H and O–H groups in total. The van der Waals surface area contributed by atoms with Crippen LogP contribution in [0.25, 0.3) is 0 Å². The van der Waals surface area contributed by atoms with E-state index in [1.165, 1.54) is 6.26 Å². The molecule has 1 fully saturated rings. The summed E-state index contributed by atoms with van der Waals surface area (Å²) in [6.07, 6.45) is 1.51. The maximum atomic E-state index is 13.5. The number of hydrogen-bond acceptors (Lipinski definition) is 3. The molecule has 1 aliphatic heterocycles. The zero-order valence-electron chi connectivity index (χ0n) is 11.3. The zero-order chi connectivity index (χ0) is 14.8. The Morgan fingerprint density at radius 1 is 1.10 bits per heavy atom. The van der Waals surface area contributed by atoms with Gasteiger partial charge in [-0.1, -0.05) is 0 Å². The van der Waals surface area contributed by atoms with Crippen LogP contribution in [0.5, 0.6) is 0 Å². The predicted octanol–water partition coefficient (Wildman–Crippen LogP) is 2.69. The summed E-state index contributed by atoms with van der Waals surface area (Å²) in [5.41, 5.74) is 0.350. The Morgan fingerprint density at radius 2 is 1.76 bits per heavy atom. The van der Waals surface area contributed by atoms with Gasteiger partial charge < -0.3 is 9.73 Å². The number of piperazine rings is 1. The third-order valence-electron chi connectivity index (χ3n) is 3.65. The van der Waals surface area contributed by atoms with E-state index in [0.29, 0.717) is 24.4 Å². The van der Waals surface area contributed by atoms with Crippen molar-refractivity contribution in [3.8, 4) is 0 Å². The van der Waals surface area contributed by atoms with Crippen LogP contribution in [0.15, 0.2) is 34.9 Å². The summed E-state index contributed by atoms with van der Waals surface area (Å²) in [6, 6.07) is 5.13. The lowest BCUT2D eigenvalue weighted by atomic mass is 10.0. The Labute approximate surface area is 120 Å². The molecule has 1 aromatic carbocycles. The highest BCUT2D eigenvalue weighted by Crippen LogP contribution is 2.31. The minimum Gasteiger partial charge on any atom is -0.467 e. The van der Waals surface area contributed by atoms with Crippen molar-refractivity contribution < 1.29 is 17.6 Å². The van der Waals surface area contributed by atoms with Crippen LogP contribution in [0.4, 0.5) is 13.2 Å². The third-order valence-corrected chi connectivity index (χ3v) is 3.65. The first-order valence-electron chi connectivity index (χ1n) is 6.79. The van der Waals surface area contributed by atoms with Gasteiger partial charge in [0.2, 0.25) is 0 Å². The molecule has 0 unspecified atom stereocenters. The van der Waals surface area contributed by atoms with E-state index in [9.17, 15) is 13.2 Å². The van der Waals surface area contributed by atoms with Gasteiger partial charge in [-0.25, -0.2) is 13.2 Å². The largest absolute Gasteiger partial charge is 0.467 e. The van der Waals surface area contributed by atoms with Crippen molar-refractivity contribution >= 4 is 0 Å². The maximum Gasteiger partial charge on any atom is 0.194 e. The SMILES string of the molecule is Fc1cc([C@@H](c2ccco2)N2CCNCC2)cc(F)c1F. The molecule has 6 heteroatoms. The van der Waals surface area contributed by atoms with E-state index in [0.717, 1.165) is 25.2 Å². The summed E-state index contributed by atoms with van der Waals surface area (Å²) >= 11 is 0. The first-order chi connectivity index (χ1) is 10.2. The molecule has 1 atom stereocenters. The van der Waals surface area contributed by atoms with Gasteiger partial charge in [-0.05, 0) is 29.8 Å². The highest BCUT2D eigenvalue weighted by molar-refractivity contribution is 5.29. The van der Waals surface area contributed by atoms with E-state index in [1.54, 1.807) is 12.1 Å². The van der Waals surface area contributed by atoms with Crippen LogP contribution in [-0.2, 0) is 0 Å². The Balaban J connectivity index is 2.02. The number of halogens is 3. The van der Waals surface area contributed by atoms with Crippen molar-refractivity contribution in [1.82, 2.24) is 10.2 Å². The van der Waals surface area contributed by atoms with Gasteiger partial charge in [0.05, 0.1) is 12.3 Å². The van der Waals surface area contributed by atoms with Crippen molar-refractivity contribution in [2.24, 2.45) is 0 Å². The molecule has 0 saturated carbocycles. The molecule has 0 bridgehead atoms. The monoisotopic (exact) mass is 296 g/mol. The van der Waals surface area contributed by atoms with Crippen molar-refractivity contribution in [1.29, 1.82) is 0 Å². The predicted molar refractivity (Wildman–Crippen MR) is 71.3 cm³/mol. The van der Waals surface area contributed by atoms with Crippen LogP contribution < -0.4 is 5.32 Å². The number of rotatable bonds is 3. The van der Waals surface area contributed by atoms with Gasteiger partial charge in [0.15, 0.2) is 17.5 Å². The lowest BCUT2D eigenvalue weighted by Crippen LogP contribution is -2.45. The fourth-order valence-corrected chi connectivity index (χ4v) is 2.68. The van der Waals surface area contributed by atoms with Gasteiger partial charge in [-0.3, -0.25) is 4.90 Å². The Kier molecular flexibility index (Phi) is 3.98. The van der Waals surface area contributed by atoms with E-state index in [4.69, 9.17) is 4.42 Å². The molecule has 112 valence electrons. The molecule has 0 spiro atoms. The maximum absolute atomic E-state index is 13.5. The summed E-state index contributed by atoms with van der Waals surface area (Å²) < 4.78 is 45.6. The number of hydrogen-bond donors (Lipinski definition) is 1. The van der Waals surface area contributed by atoms with E-state index >= 15 is 0 Å². The quantitative estimate of drug-likeness (QED) is 0.883. The van der Waals surface area contributed by atoms with Gasteiger partial charge >= 0.3 is 0 Å². The average Bonchev–Trinajstić information content (AvgIpc) is 3.00. The van der Waals surface area contributed by atoms with Gasteiger partial charge in [-0.2, -0.15) is 0 Å². The molecule has 0 amide bonds. The second-order valence-electron chi connectivity index (χ2n) is 5.00. The lowest BCUT2D eigenvalue weighted by Gasteiger charge is -2.34. The molecular weight excluding hydrogens is 281 g/mol. The lowest BCUT2D eigenvalue weighted by molar-refractivity contribution is 0.179. The second kappa shape index (κ2) is 5.91. The van der Waals surface area contributed by atoms with Crippen LogP contribution in [0.2, 0.25) is 0 Å². The van der Waals surface area contributed by atoms with E-state index < -0.39 is 23.5 Å². The van der Waals surface area contributed by atoms with Crippen molar-refractivity contribution in [3.05, 3.63) is 59.3 Å². The van der Waals surface area contributed by atoms with Crippen LogP contribution in [0, 0.1) is 17.5 Å². The number of nitrogens with zero attached hydrogens (tertiary/aromatic N) is 1. The van der Waals surface area contributed by atoms with Crippen molar-refractivity contribution in [2.45, 2.75) is 6.04 Å². The molecule has 3 nitrogen and oxygen atoms in total. The Hall–Kier alpha value is -1.79. The molecular formula is C15H15F3N2O. The van der Waals surface area contributed by atoms with Crippen molar-refractivity contribution in [3.63, 3.8) is 0 Å². The first-order valence-corrected chi connectivity index (χ1v) is 6.79. The summed E-state index contributed by atoms with van der Waals surface area (Å²) in [6.45, 7) is 2.99. The zero-order valence-corrected chi connectivity index (χ0v) is 11.3. The fraction of sp³-hybridized carbons (Fsp3) is 0.333. The van der Waals surface area contributed by atoms with Crippen LogP contribution in [-0.4, -0.2) is 31.1 Å². The smallest absolute Gasteiger partial charge is 0.194 e. The summed E-state index contributed by atoms with van der Waals surface area (Å²) in [4.78, 5) is 2.06. The van der Waals surface area contributed by atoms with Gasteiger partial charge in [0.25, 0.3) is 0 Å². The minimum absolute atomic E-state index is 0.350. The standard InChI is InChI=1S/C15H15F3N2O/c16-11-8-10(9-12(17)14(11)18)15(13-2-1-7-21-13)20-5-3-19-4-6-20/h1-2,7-9,15,19H,3-6H2/t15-/m0/s1. The Morgan fingerprint density at radius 3 is 2.33 bits per heavy atom. The van der Waals surface area contributed by atoms with Gasteiger partial charge in [-0.15, -0.1) is 0 Å². The molecule has 0 radical (unpaired) electrons. The summed E-state index contributed by atoms with van der Waals surface area (Å²) in [5.74, 6) is -3.23. The topological polar surface area (TPSA) is 28.4 Å². The minimum atomic E-state index is -1.45. The summed E-state index contributed by atoms with van der Waals surface area (Å²) in [7, 11) is 0. The molecule has 2 heterocycles. The highest BCUT2D eigenvalue weighted by atomic mass is 19.2. The number of furan rings is 1. The third kappa shape index (κ3) is 2.82. The van der Waals surface area contributed by atoms with E-state index in [2.05, 4.69) is 10.2 Å². The van der Waals surface area contributed by atoms with Crippen LogP contribution in [0.1, 0.15) is 17.4 Å². The first kappa shape index (κ1) is 14.2. The molecule has 3 rings (SSSR count). The van der Waals surface area contributed by atoms with E-state index in [-0.39, 0.29) is 0 Å². The summed E-state index contributed by atoms with van der Waals surface area (Å²) in [5, 5.41) is 3.22. The van der Waals surface area contributed by atoms with Gasteiger partial charge in [0.1, 0.15) is 5.76 Å². The normalized spacial score (nSPS) is 17.9. The van der Waals surface area contributed by atoms with Gasteiger partial charge in [0, 0.05) is 26.2 Å². The second-order valence-corrected chi connectivity index (χ2v) is 5.00. The number of nitrogens with one attached hydrogen (secondary N) is 1. The molecule has 1 aromatic heterocycles. The fourth-order valence-electron chi connectivity index (χ4n) is 2.68. The molecule has 21 heavy (non-hydrogen) atoms. The molecule has 1 saturated heterocycles. The number of benzene rings is 1. The van der Waals surface area contributed by atoms with Crippen LogP contribution >= 0.6 is 0 Å².